The van der Waals surface area contributed by atoms with Crippen molar-refractivity contribution in [2.45, 2.75) is 37.7 Å². The first-order valence-corrected chi connectivity index (χ1v) is 6.81. The number of nitrogens with two attached hydrogens (primary N) is 1. The summed E-state index contributed by atoms with van der Waals surface area (Å²) in [6.45, 7) is 5.03. The second kappa shape index (κ2) is 5.57. The molecular formula is C10H17N5O2S. The highest BCUT2D eigenvalue weighted by Gasteiger charge is 2.24. The van der Waals surface area contributed by atoms with Gasteiger partial charge in [0.05, 0.1) is 13.1 Å². The fourth-order valence-corrected chi connectivity index (χ4v) is 2.83. The van der Waals surface area contributed by atoms with E-state index < -0.39 is 0 Å². The molecule has 0 saturated carbocycles. The number of ether oxygens (including phenoxy) is 1. The van der Waals surface area contributed by atoms with Gasteiger partial charge in [-0.15, -0.1) is 10.2 Å². The van der Waals surface area contributed by atoms with Gasteiger partial charge >= 0.3 is 6.09 Å². The standard InChI is InChI=1S/C10H17N5O2S/c1-6(2)15-8(3-11)13-14-9(15)18-5-7-4-12-10(16)17-7/h6-7H,3-5,11H2,1-2H3,(H,12,16). The quantitative estimate of drug-likeness (QED) is 0.758. The molecule has 1 atom stereocenters. The molecule has 0 bridgehead atoms. The third kappa shape index (κ3) is 2.75. The molecule has 0 aliphatic carbocycles. The molecule has 1 aliphatic heterocycles. The van der Waals surface area contributed by atoms with Gasteiger partial charge in [-0.05, 0) is 13.8 Å². The van der Waals surface area contributed by atoms with Crippen molar-refractivity contribution < 1.29 is 9.53 Å². The van der Waals surface area contributed by atoms with E-state index in [4.69, 9.17) is 10.5 Å². The molecule has 3 N–H and O–H groups in total. The third-order valence-electron chi connectivity index (χ3n) is 2.58. The van der Waals surface area contributed by atoms with Gasteiger partial charge in [0.25, 0.3) is 0 Å². The Morgan fingerprint density at radius 1 is 1.61 bits per heavy atom. The van der Waals surface area contributed by atoms with Crippen LogP contribution in [-0.4, -0.2) is 39.3 Å². The fourth-order valence-electron chi connectivity index (χ4n) is 1.76. The molecule has 1 fully saturated rings. The summed E-state index contributed by atoms with van der Waals surface area (Å²) in [6.07, 6.45) is -0.463. The molecule has 0 aromatic carbocycles. The smallest absolute Gasteiger partial charge is 0.407 e. The van der Waals surface area contributed by atoms with Crippen molar-refractivity contribution in [2.75, 3.05) is 12.3 Å². The lowest BCUT2D eigenvalue weighted by Crippen LogP contribution is -2.17. The SMILES string of the molecule is CC(C)n1c(CN)nnc1SCC1CNC(=O)O1. The molecule has 1 unspecified atom stereocenters. The zero-order valence-corrected chi connectivity index (χ0v) is 11.2. The molecule has 1 aromatic heterocycles. The van der Waals surface area contributed by atoms with E-state index >= 15 is 0 Å². The van der Waals surface area contributed by atoms with Crippen LogP contribution in [-0.2, 0) is 11.3 Å². The van der Waals surface area contributed by atoms with Gasteiger partial charge < -0.3 is 20.4 Å². The maximum Gasteiger partial charge on any atom is 0.407 e. The molecule has 2 rings (SSSR count). The van der Waals surface area contributed by atoms with Crippen LogP contribution in [0.1, 0.15) is 25.7 Å². The van der Waals surface area contributed by atoms with E-state index in [-0.39, 0.29) is 18.2 Å². The summed E-state index contributed by atoms with van der Waals surface area (Å²) in [5.41, 5.74) is 5.63. The van der Waals surface area contributed by atoms with E-state index in [1.54, 1.807) is 0 Å². The van der Waals surface area contributed by atoms with Crippen molar-refractivity contribution in [3.63, 3.8) is 0 Å². The number of thioether (sulfide) groups is 1. The summed E-state index contributed by atoms with van der Waals surface area (Å²) >= 11 is 1.53. The molecule has 0 radical (unpaired) electrons. The van der Waals surface area contributed by atoms with Gasteiger partial charge in [0, 0.05) is 11.8 Å². The molecule has 0 spiro atoms. The predicted octanol–water partition coefficient (Wildman–Crippen LogP) is 0.518. The fraction of sp³-hybridized carbons (Fsp3) is 0.700. The molecule has 1 amide bonds. The average Bonchev–Trinajstić information content (AvgIpc) is 2.92. The summed E-state index contributed by atoms with van der Waals surface area (Å²) in [6, 6.07) is 0.255. The van der Waals surface area contributed by atoms with Crippen LogP contribution in [0.15, 0.2) is 5.16 Å². The molecule has 1 aliphatic rings. The Morgan fingerprint density at radius 3 is 2.94 bits per heavy atom. The summed E-state index contributed by atoms with van der Waals surface area (Å²) in [5, 5.41) is 11.6. The van der Waals surface area contributed by atoms with Crippen molar-refractivity contribution in [3.05, 3.63) is 5.82 Å². The number of rotatable bonds is 5. The Morgan fingerprint density at radius 2 is 2.39 bits per heavy atom. The lowest BCUT2D eigenvalue weighted by Gasteiger charge is -2.13. The number of carbonyl (C=O) groups excluding carboxylic acids is 1. The van der Waals surface area contributed by atoms with Crippen LogP contribution in [0.5, 0.6) is 0 Å². The molecule has 8 heteroatoms. The first kappa shape index (κ1) is 13.2. The van der Waals surface area contributed by atoms with E-state index in [9.17, 15) is 4.79 Å². The van der Waals surface area contributed by atoms with Gasteiger partial charge in [0.2, 0.25) is 0 Å². The number of alkyl carbamates (subject to hydrolysis) is 1. The minimum absolute atomic E-state index is 0.110. The summed E-state index contributed by atoms with van der Waals surface area (Å²) in [7, 11) is 0. The maximum absolute atomic E-state index is 10.9. The van der Waals surface area contributed by atoms with E-state index in [1.807, 2.05) is 4.57 Å². The predicted molar refractivity (Wildman–Crippen MR) is 67.3 cm³/mol. The largest absolute Gasteiger partial charge is 0.443 e. The zero-order valence-electron chi connectivity index (χ0n) is 10.4. The minimum Gasteiger partial charge on any atom is -0.443 e. The number of amides is 1. The zero-order chi connectivity index (χ0) is 13.1. The minimum atomic E-state index is -0.353. The second-order valence-corrected chi connectivity index (χ2v) is 5.27. The Kier molecular flexibility index (Phi) is 4.07. The first-order valence-electron chi connectivity index (χ1n) is 5.83. The molecule has 1 saturated heterocycles. The Balaban J connectivity index is 2.00. The molecule has 1 aromatic rings. The van der Waals surface area contributed by atoms with Crippen LogP contribution in [0.4, 0.5) is 4.79 Å². The molecular weight excluding hydrogens is 254 g/mol. The maximum atomic E-state index is 10.9. The van der Waals surface area contributed by atoms with Crippen molar-refractivity contribution >= 4 is 17.9 Å². The van der Waals surface area contributed by atoms with Crippen LogP contribution in [0, 0.1) is 0 Å². The molecule has 7 nitrogen and oxygen atoms in total. The summed E-state index contributed by atoms with van der Waals surface area (Å²) in [4.78, 5) is 10.9. The highest BCUT2D eigenvalue weighted by atomic mass is 32.2. The van der Waals surface area contributed by atoms with Crippen LogP contribution in [0.2, 0.25) is 0 Å². The highest BCUT2D eigenvalue weighted by Crippen LogP contribution is 2.23. The van der Waals surface area contributed by atoms with Crippen LogP contribution in [0.25, 0.3) is 0 Å². The van der Waals surface area contributed by atoms with Gasteiger partial charge in [-0.25, -0.2) is 4.79 Å². The summed E-state index contributed by atoms with van der Waals surface area (Å²) < 4.78 is 7.07. The molecule has 18 heavy (non-hydrogen) atoms. The normalized spacial score (nSPS) is 19.1. The van der Waals surface area contributed by atoms with Crippen molar-refractivity contribution in [1.82, 2.24) is 20.1 Å². The van der Waals surface area contributed by atoms with E-state index in [0.29, 0.717) is 18.8 Å². The molecule has 100 valence electrons. The van der Waals surface area contributed by atoms with Crippen molar-refractivity contribution in [1.29, 1.82) is 0 Å². The second-order valence-electron chi connectivity index (χ2n) is 4.29. The number of cyclic esters (lactones) is 1. The first-order chi connectivity index (χ1) is 8.61. The summed E-state index contributed by atoms with van der Waals surface area (Å²) in [5.74, 6) is 1.43. The van der Waals surface area contributed by atoms with Gasteiger partial charge in [-0.1, -0.05) is 11.8 Å². The monoisotopic (exact) mass is 271 g/mol. The van der Waals surface area contributed by atoms with E-state index in [1.165, 1.54) is 11.8 Å². The van der Waals surface area contributed by atoms with Crippen LogP contribution in [0.3, 0.4) is 0 Å². The number of hydrogen-bond acceptors (Lipinski definition) is 6. The molecule has 2 heterocycles. The third-order valence-corrected chi connectivity index (χ3v) is 3.66. The van der Waals surface area contributed by atoms with Gasteiger partial charge in [-0.3, -0.25) is 0 Å². The van der Waals surface area contributed by atoms with Crippen molar-refractivity contribution in [3.8, 4) is 0 Å². The number of aromatic nitrogens is 3. The number of carbonyl (C=O) groups is 1. The number of nitrogens with zero attached hydrogens (tertiary/aromatic N) is 3. The Hall–Kier alpha value is -1.28. The van der Waals surface area contributed by atoms with Crippen LogP contribution >= 0.6 is 11.8 Å². The Bertz CT molecular complexity index is 434. The topological polar surface area (TPSA) is 95.1 Å². The number of nitrogens with one attached hydrogen (secondary N) is 1. The van der Waals surface area contributed by atoms with Crippen molar-refractivity contribution in [2.24, 2.45) is 5.73 Å². The average molecular weight is 271 g/mol. The Labute approximate surface area is 109 Å². The number of hydrogen-bond donors (Lipinski definition) is 2. The van der Waals surface area contributed by atoms with E-state index in [2.05, 4.69) is 29.4 Å². The highest BCUT2D eigenvalue weighted by molar-refractivity contribution is 7.99. The van der Waals surface area contributed by atoms with Gasteiger partial charge in [-0.2, -0.15) is 0 Å². The lowest BCUT2D eigenvalue weighted by atomic mass is 10.4. The lowest BCUT2D eigenvalue weighted by molar-refractivity contribution is 0.150. The van der Waals surface area contributed by atoms with E-state index in [0.717, 1.165) is 11.0 Å². The van der Waals surface area contributed by atoms with Gasteiger partial charge in [0.1, 0.15) is 11.9 Å². The van der Waals surface area contributed by atoms with Gasteiger partial charge in [0.15, 0.2) is 5.16 Å². The van der Waals surface area contributed by atoms with Crippen LogP contribution < -0.4 is 11.1 Å².